The number of anilines is 6. The molecule has 0 saturated carbocycles. The molecule has 364 valence electrons. The van der Waals surface area contributed by atoms with Gasteiger partial charge in [-0.2, -0.15) is 0 Å². The van der Waals surface area contributed by atoms with Gasteiger partial charge in [-0.15, -0.1) is 0 Å². The SMILES string of the molecule is Cc1ccc(N(c2ccccc2)c2cc3c(c4ccccc24)-c2c(cc(N(c4ccc(C)c(-c5ccccc5)c4)c4ccccc4C)c4oc5ccccc5c24)C32c3ccccc3-c3ccccc32)cc1-c1ccccc1. The number of rotatable bonds is 8. The Kier molecular flexibility index (Phi) is 10.1. The minimum atomic E-state index is -0.747. The maximum atomic E-state index is 7.41. The van der Waals surface area contributed by atoms with E-state index in [2.05, 4.69) is 291 Å². The van der Waals surface area contributed by atoms with Crippen molar-refractivity contribution in [3.05, 3.63) is 300 Å². The molecule has 0 fully saturated rings. The van der Waals surface area contributed by atoms with Crippen molar-refractivity contribution in [2.75, 3.05) is 9.80 Å². The number of furan rings is 1. The Morgan fingerprint density at radius 2 is 0.805 bits per heavy atom. The molecule has 0 unspecified atom stereocenters. The molecule has 1 spiro atoms. The summed E-state index contributed by atoms with van der Waals surface area (Å²) in [5.74, 6) is 0. The van der Waals surface area contributed by atoms with Crippen LogP contribution < -0.4 is 9.80 Å². The summed E-state index contributed by atoms with van der Waals surface area (Å²) in [7, 11) is 0. The minimum absolute atomic E-state index is 0.747. The van der Waals surface area contributed by atoms with Gasteiger partial charge in [-0.05, 0) is 170 Å². The van der Waals surface area contributed by atoms with Gasteiger partial charge in [-0.25, -0.2) is 0 Å². The number of hydrogen-bond donors (Lipinski definition) is 0. The molecule has 3 nitrogen and oxygen atoms in total. The molecule has 2 aliphatic carbocycles. The molecule has 0 radical (unpaired) electrons. The predicted molar refractivity (Wildman–Crippen MR) is 322 cm³/mol. The summed E-state index contributed by atoms with van der Waals surface area (Å²) in [6.45, 7) is 6.66. The third-order valence-electron chi connectivity index (χ3n) is 16.6. The Bertz CT molecular complexity index is 4450. The lowest BCUT2D eigenvalue weighted by atomic mass is 9.70. The lowest BCUT2D eigenvalue weighted by Gasteiger charge is -2.34. The first-order valence-corrected chi connectivity index (χ1v) is 26.7. The fourth-order valence-electron chi connectivity index (χ4n) is 13.3. The highest BCUT2D eigenvalue weighted by molar-refractivity contribution is 6.24. The highest BCUT2D eigenvalue weighted by Crippen LogP contribution is 2.67. The summed E-state index contributed by atoms with van der Waals surface area (Å²) < 4.78 is 7.41. The molecule has 0 amide bonds. The highest BCUT2D eigenvalue weighted by atomic mass is 16.3. The molecule has 0 N–H and O–H groups in total. The molecule has 0 saturated heterocycles. The van der Waals surface area contributed by atoms with Crippen molar-refractivity contribution in [2.24, 2.45) is 0 Å². The Morgan fingerprint density at radius 1 is 0.312 bits per heavy atom. The molecule has 1 heterocycles. The molecular weight excluding hydrogens is 933 g/mol. The van der Waals surface area contributed by atoms with Crippen LogP contribution >= 0.6 is 0 Å². The van der Waals surface area contributed by atoms with Crippen molar-refractivity contribution in [1.29, 1.82) is 0 Å². The minimum Gasteiger partial charge on any atom is -0.454 e. The van der Waals surface area contributed by atoms with E-state index in [1.807, 2.05) is 0 Å². The third-order valence-corrected chi connectivity index (χ3v) is 16.6. The Labute approximate surface area is 449 Å². The van der Waals surface area contributed by atoms with Crippen LogP contribution in [0.4, 0.5) is 34.1 Å². The second-order valence-corrected chi connectivity index (χ2v) is 20.8. The Morgan fingerprint density at radius 3 is 1.44 bits per heavy atom. The summed E-state index contributed by atoms with van der Waals surface area (Å²) in [5.41, 5.74) is 25.8. The summed E-state index contributed by atoms with van der Waals surface area (Å²) in [6, 6.07) is 96.4. The topological polar surface area (TPSA) is 19.6 Å². The molecule has 0 atom stereocenters. The quantitative estimate of drug-likeness (QED) is 0.151. The third kappa shape index (κ3) is 6.63. The van der Waals surface area contributed by atoms with E-state index in [0.29, 0.717) is 0 Å². The number of fused-ring (bicyclic) bond motifs is 16. The van der Waals surface area contributed by atoms with Crippen LogP contribution in [0.1, 0.15) is 38.9 Å². The van der Waals surface area contributed by atoms with Crippen LogP contribution in [0, 0.1) is 20.8 Å². The molecule has 0 aliphatic heterocycles. The standard InChI is InChI=1S/C74H52N2O/c1-47-39-41-53(43-60(47)50-24-7-4-8-25-50)75(52-28-11-6-12-29-52)67-45-64-70(58-33-15-14-32-57(58)67)72-65(74(64)62-35-19-16-30-55(62)56-31-17-20-36-63(56)74)46-68(73-71(72)59-34-18-22-38-69(59)77-73)76(66-37-21-13-23-49(66)3)54-42-40-48(2)61(44-54)51-26-9-5-10-27-51/h4-46H,1-3H3. The number of nitrogens with zero attached hydrogens (tertiary/aromatic N) is 2. The molecule has 0 bridgehead atoms. The van der Waals surface area contributed by atoms with Gasteiger partial charge in [0, 0.05) is 38.9 Å². The smallest absolute Gasteiger partial charge is 0.160 e. The zero-order valence-corrected chi connectivity index (χ0v) is 43.1. The fourth-order valence-corrected chi connectivity index (χ4v) is 13.3. The van der Waals surface area contributed by atoms with Crippen molar-refractivity contribution >= 4 is 66.8 Å². The molecule has 1 aromatic heterocycles. The Hall–Kier alpha value is -9.70. The highest BCUT2D eigenvalue weighted by Gasteiger charge is 2.54. The van der Waals surface area contributed by atoms with Gasteiger partial charge < -0.3 is 14.2 Å². The Balaban J connectivity index is 1.11. The van der Waals surface area contributed by atoms with Crippen LogP contribution in [0.2, 0.25) is 0 Å². The zero-order valence-electron chi connectivity index (χ0n) is 43.1. The predicted octanol–water partition coefficient (Wildman–Crippen LogP) is 20.3. The van der Waals surface area contributed by atoms with Crippen LogP contribution in [-0.2, 0) is 5.41 Å². The van der Waals surface area contributed by atoms with Gasteiger partial charge in [0.2, 0.25) is 0 Å². The maximum Gasteiger partial charge on any atom is 0.160 e. The lowest BCUT2D eigenvalue weighted by Crippen LogP contribution is -2.26. The molecule has 13 aromatic rings. The van der Waals surface area contributed by atoms with Crippen molar-refractivity contribution in [3.8, 4) is 44.5 Å². The van der Waals surface area contributed by atoms with Crippen LogP contribution in [-0.4, -0.2) is 0 Å². The normalized spacial score (nSPS) is 12.7. The molecule has 15 rings (SSSR count). The maximum absolute atomic E-state index is 7.41. The van der Waals surface area contributed by atoms with Gasteiger partial charge in [-0.1, -0.05) is 200 Å². The molecular formula is C74H52N2O. The van der Waals surface area contributed by atoms with E-state index >= 15 is 0 Å². The first-order chi connectivity index (χ1) is 38.0. The largest absolute Gasteiger partial charge is 0.454 e. The summed E-state index contributed by atoms with van der Waals surface area (Å²) >= 11 is 0. The van der Waals surface area contributed by atoms with E-state index in [4.69, 9.17) is 4.42 Å². The van der Waals surface area contributed by atoms with E-state index in [0.717, 1.165) is 61.6 Å². The van der Waals surface area contributed by atoms with E-state index in [1.54, 1.807) is 0 Å². The van der Waals surface area contributed by atoms with Gasteiger partial charge in [-0.3, -0.25) is 0 Å². The van der Waals surface area contributed by atoms with Crippen molar-refractivity contribution in [2.45, 2.75) is 26.2 Å². The summed E-state index contributed by atoms with van der Waals surface area (Å²) in [5, 5.41) is 4.57. The summed E-state index contributed by atoms with van der Waals surface area (Å²) in [4.78, 5) is 4.96. The number of aryl methyl sites for hydroxylation is 3. The van der Waals surface area contributed by atoms with Crippen LogP contribution in [0.3, 0.4) is 0 Å². The number of para-hydroxylation sites is 3. The number of hydrogen-bond acceptors (Lipinski definition) is 3. The van der Waals surface area contributed by atoms with Crippen molar-refractivity contribution in [3.63, 3.8) is 0 Å². The van der Waals surface area contributed by atoms with Crippen LogP contribution in [0.5, 0.6) is 0 Å². The van der Waals surface area contributed by atoms with Gasteiger partial charge in [0.05, 0.1) is 16.8 Å². The summed E-state index contributed by atoms with van der Waals surface area (Å²) in [6.07, 6.45) is 0. The van der Waals surface area contributed by atoms with E-state index < -0.39 is 5.41 Å². The monoisotopic (exact) mass is 984 g/mol. The molecule has 12 aromatic carbocycles. The molecule has 2 aliphatic rings. The van der Waals surface area contributed by atoms with E-state index in [-0.39, 0.29) is 0 Å². The zero-order chi connectivity index (χ0) is 51.4. The average molecular weight is 985 g/mol. The average Bonchev–Trinajstić information content (AvgIpc) is 4.32. The first-order valence-electron chi connectivity index (χ1n) is 26.7. The lowest BCUT2D eigenvalue weighted by molar-refractivity contribution is 0.668. The van der Waals surface area contributed by atoms with E-state index in [1.165, 1.54) is 88.7 Å². The van der Waals surface area contributed by atoms with Crippen molar-refractivity contribution < 1.29 is 4.42 Å². The second-order valence-electron chi connectivity index (χ2n) is 20.8. The first kappa shape index (κ1) is 44.8. The fraction of sp³-hybridized carbons (Fsp3) is 0.0541. The number of benzene rings is 12. The molecule has 3 heteroatoms. The van der Waals surface area contributed by atoms with Crippen LogP contribution in [0.25, 0.3) is 77.2 Å². The van der Waals surface area contributed by atoms with Crippen molar-refractivity contribution in [1.82, 2.24) is 0 Å². The second kappa shape index (κ2) is 17.4. The van der Waals surface area contributed by atoms with Gasteiger partial charge in [0.25, 0.3) is 0 Å². The van der Waals surface area contributed by atoms with Crippen LogP contribution in [0.15, 0.2) is 265 Å². The van der Waals surface area contributed by atoms with Gasteiger partial charge in [0.1, 0.15) is 5.58 Å². The molecule has 77 heavy (non-hydrogen) atoms. The van der Waals surface area contributed by atoms with Gasteiger partial charge in [0.15, 0.2) is 5.58 Å². The van der Waals surface area contributed by atoms with Gasteiger partial charge >= 0.3 is 0 Å². The van der Waals surface area contributed by atoms with E-state index in [9.17, 15) is 0 Å².